The van der Waals surface area contributed by atoms with Crippen LogP contribution in [0.5, 0.6) is 5.75 Å². The SMILES string of the molecule is Cl.NC(COOc1ccccc1Cc1ccccc1)C(=O)O. The molecular formula is C16H18ClNO4. The Morgan fingerprint density at radius 2 is 1.73 bits per heavy atom. The van der Waals surface area contributed by atoms with Crippen LogP contribution in [-0.2, 0) is 16.1 Å². The van der Waals surface area contributed by atoms with Crippen molar-refractivity contribution in [2.75, 3.05) is 6.61 Å². The molecule has 0 heterocycles. The van der Waals surface area contributed by atoms with Crippen LogP contribution < -0.4 is 10.6 Å². The van der Waals surface area contributed by atoms with E-state index in [2.05, 4.69) is 0 Å². The minimum Gasteiger partial charge on any atom is -0.480 e. The highest BCUT2D eigenvalue weighted by Crippen LogP contribution is 2.21. The maximum absolute atomic E-state index is 10.6. The number of rotatable bonds is 7. The maximum atomic E-state index is 10.6. The number of hydrogen-bond donors (Lipinski definition) is 2. The number of para-hydroxylation sites is 1. The second-order valence-corrected chi connectivity index (χ2v) is 4.58. The summed E-state index contributed by atoms with van der Waals surface area (Å²) in [6.07, 6.45) is 0.700. The summed E-state index contributed by atoms with van der Waals surface area (Å²) >= 11 is 0. The molecule has 22 heavy (non-hydrogen) atoms. The normalized spacial score (nSPS) is 11.3. The monoisotopic (exact) mass is 323 g/mol. The standard InChI is InChI=1S/C16H17NO4.ClH/c17-14(16(18)19)11-20-21-15-9-5-4-8-13(15)10-12-6-2-1-3-7-12;/h1-9,14H,10-11,17H2,(H,18,19);1H. The molecule has 3 N–H and O–H groups in total. The van der Waals surface area contributed by atoms with Crippen LogP contribution in [0.2, 0.25) is 0 Å². The molecule has 1 atom stereocenters. The molecule has 0 fully saturated rings. The Hall–Kier alpha value is -2.08. The predicted octanol–water partition coefficient (Wildman–Crippen LogP) is 2.42. The van der Waals surface area contributed by atoms with Gasteiger partial charge in [0.15, 0.2) is 5.75 Å². The molecule has 0 aromatic heterocycles. The van der Waals surface area contributed by atoms with Gasteiger partial charge in [0.25, 0.3) is 0 Å². The fraction of sp³-hybridized carbons (Fsp3) is 0.188. The first-order chi connectivity index (χ1) is 10.2. The van der Waals surface area contributed by atoms with Crippen molar-refractivity contribution in [3.8, 4) is 5.75 Å². The number of hydrogen-bond acceptors (Lipinski definition) is 4. The van der Waals surface area contributed by atoms with Crippen LogP contribution in [0.25, 0.3) is 0 Å². The van der Waals surface area contributed by atoms with Gasteiger partial charge in [0.2, 0.25) is 0 Å². The second-order valence-electron chi connectivity index (χ2n) is 4.58. The van der Waals surface area contributed by atoms with Crippen LogP contribution in [0.3, 0.4) is 0 Å². The molecule has 5 nitrogen and oxygen atoms in total. The number of benzene rings is 2. The third-order valence-electron chi connectivity index (χ3n) is 2.92. The Morgan fingerprint density at radius 1 is 1.09 bits per heavy atom. The Kier molecular flexibility index (Phi) is 7.39. The summed E-state index contributed by atoms with van der Waals surface area (Å²) in [7, 11) is 0. The van der Waals surface area contributed by atoms with Gasteiger partial charge in [-0.05, 0) is 11.6 Å². The van der Waals surface area contributed by atoms with Gasteiger partial charge in [-0.3, -0.25) is 4.79 Å². The van der Waals surface area contributed by atoms with E-state index in [1.54, 1.807) is 6.07 Å². The smallest absolute Gasteiger partial charge is 0.323 e. The quantitative estimate of drug-likeness (QED) is 0.604. The summed E-state index contributed by atoms with van der Waals surface area (Å²) in [4.78, 5) is 20.7. The Bertz CT molecular complexity index is 592. The highest BCUT2D eigenvalue weighted by atomic mass is 35.5. The van der Waals surface area contributed by atoms with Gasteiger partial charge in [-0.15, -0.1) is 12.4 Å². The van der Waals surface area contributed by atoms with E-state index in [0.717, 1.165) is 11.1 Å². The summed E-state index contributed by atoms with van der Waals surface area (Å²) in [5, 5.41) is 8.67. The lowest BCUT2D eigenvalue weighted by molar-refractivity contribution is -0.212. The van der Waals surface area contributed by atoms with E-state index in [1.165, 1.54) is 0 Å². The fourth-order valence-electron chi connectivity index (χ4n) is 1.79. The first-order valence-corrected chi connectivity index (χ1v) is 6.56. The molecule has 0 amide bonds. The van der Waals surface area contributed by atoms with Gasteiger partial charge >= 0.3 is 5.97 Å². The molecule has 0 saturated heterocycles. The number of aliphatic carboxylic acids is 1. The zero-order chi connectivity index (χ0) is 15.1. The van der Waals surface area contributed by atoms with Gasteiger partial charge in [-0.25, -0.2) is 0 Å². The molecule has 0 aliphatic heterocycles. The van der Waals surface area contributed by atoms with Crippen LogP contribution in [0, 0.1) is 0 Å². The average molecular weight is 324 g/mol. The molecule has 2 aromatic rings. The van der Waals surface area contributed by atoms with Crippen molar-refractivity contribution in [1.29, 1.82) is 0 Å². The molecule has 0 saturated carbocycles. The van der Waals surface area contributed by atoms with Crippen molar-refractivity contribution in [3.63, 3.8) is 0 Å². The van der Waals surface area contributed by atoms with Crippen LogP contribution in [-0.4, -0.2) is 23.7 Å². The van der Waals surface area contributed by atoms with E-state index in [1.807, 2.05) is 48.5 Å². The first-order valence-electron chi connectivity index (χ1n) is 6.56. The fourth-order valence-corrected chi connectivity index (χ4v) is 1.79. The summed E-state index contributed by atoms with van der Waals surface area (Å²) in [5.41, 5.74) is 7.44. The minimum atomic E-state index is -1.13. The number of nitrogens with two attached hydrogens (primary N) is 1. The Labute approximate surface area is 135 Å². The summed E-state index contributed by atoms with van der Waals surface area (Å²) in [6, 6.07) is 16.3. The molecule has 1 unspecified atom stereocenters. The maximum Gasteiger partial charge on any atom is 0.323 e. The number of carboxylic acids is 1. The van der Waals surface area contributed by atoms with Gasteiger partial charge in [0.1, 0.15) is 12.6 Å². The third kappa shape index (κ3) is 5.37. The molecule has 2 rings (SSSR count). The van der Waals surface area contributed by atoms with Gasteiger partial charge in [-0.1, -0.05) is 48.5 Å². The summed E-state index contributed by atoms with van der Waals surface area (Å²) in [6.45, 7) is -0.213. The molecule has 0 aliphatic carbocycles. The Balaban J connectivity index is 0.00000242. The molecule has 2 aromatic carbocycles. The van der Waals surface area contributed by atoms with Gasteiger partial charge < -0.3 is 15.7 Å². The lowest BCUT2D eigenvalue weighted by Crippen LogP contribution is -2.35. The predicted molar refractivity (Wildman–Crippen MR) is 85.1 cm³/mol. The summed E-state index contributed by atoms with van der Waals surface area (Å²) < 4.78 is 0. The number of carboxylic acid groups (broad SMARTS) is 1. The van der Waals surface area contributed by atoms with Gasteiger partial charge in [0, 0.05) is 12.0 Å². The average Bonchev–Trinajstić information content (AvgIpc) is 2.50. The molecule has 0 bridgehead atoms. The highest BCUT2D eigenvalue weighted by Gasteiger charge is 2.13. The Morgan fingerprint density at radius 3 is 2.41 bits per heavy atom. The highest BCUT2D eigenvalue weighted by molar-refractivity contribution is 5.85. The largest absolute Gasteiger partial charge is 0.480 e. The van der Waals surface area contributed by atoms with Crippen molar-refractivity contribution in [1.82, 2.24) is 0 Å². The van der Waals surface area contributed by atoms with Gasteiger partial charge in [0.05, 0.1) is 0 Å². The van der Waals surface area contributed by atoms with E-state index >= 15 is 0 Å². The summed E-state index contributed by atoms with van der Waals surface area (Å²) in [5.74, 6) is -0.574. The van der Waals surface area contributed by atoms with E-state index in [4.69, 9.17) is 20.6 Å². The first kappa shape index (κ1) is 18.0. The molecule has 0 radical (unpaired) electrons. The molecule has 0 spiro atoms. The topological polar surface area (TPSA) is 81.8 Å². The van der Waals surface area contributed by atoms with E-state index in [9.17, 15) is 4.79 Å². The third-order valence-corrected chi connectivity index (χ3v) is 2.92. The lowest BCUT2D eigenvalue weighted by atomic mass is 10.0. The molecule has 118 valence electrons. The zero-order valence-corrected chi connectivity index (χ0v) is 12.7. The zero-order valence-electron chi connectivity index (χ0n) is 11.8. The molecule has 0 aliphatic rings. The molecular weight excluding hydrogens is 306 g/mol. The van der Waals surface area contributed by atoms with Crippen LogP contribution >= 0.6 is 12.4 Å². The van der Waals surface area contributed by atoms with Crippen molar-refractivity contribution in [3.05, 3.63) is 65.7 Å². The number of halogens is 1. The lowest BCUT2D eigenvalue weighted by Gasteiger charge is -2.11. The van der Waals surface area contributed by atoms with Crippen LogP contribution in [0.15, 0.2) is 54.6 Å². The van der Waals surface area contributed by atoms with Crippen molar-refractivity contribution >= 4 is 18.4 Å². The van der Waals surface area contributed by atoms with Crippen LogP contribution in [0.1, 0.15) is 11.1 Å². The minimum absolute atomic E-state index is 0. The molecule has 6 heteroatoms. The van der Waals surface area contributed by atoms with Crippen molar-refractivity contribution in [2.24, 2.45) is 5.73 Å². The second kappa shape index (κ2) is 9.04. The van der Waals surface area contributed by atoms with Gasteiger partial charge in [-0.2, -0.15) is 4.89 Å². The van der Waals surface area contributed by atoms with E-state index < -0.39 is 12.0 Å². The van der Waals surface area contributed by atoms with Crippen molar-refractivity contribution < 1.29 is 19.7 Å². The van der Waals surface area contributed by atoms with Crippen LogP contribution in [0.4, 0.5) is 0 Å². The van der Waals surface area contributed by atoms with Crippen molar-refractivity contribution in [2.45, 2.75) is 12.5 Å². The van der Waals surface area contributed by atoms with E-state index in [0.29, 0.717) is 12.2 Å². The van der Waals surface area contributed by atoms with E-state index in [-0.39, 0.29) is 19.0 Å². The number of carbonyl (C=O) groups is 1.